The van der Waals surface area contributed by atoms with Crippen LogP contribution in [-0.2, 0) is 0 Å². The van der Waals surface area contributed by atoms with Gasteiger partial charge in [-0.3, -0.25) is 15.1 Å². The van der Waals surface area contributed by atoms with Crippen molar-refractivity contribution in [1.82, 2.24) is 15.3 Å². The Hall–Kier alpha value is -2.44. The molecule has 1 aromatic heterocycles. The number of imidazole rings is 1. The molecule has 0 aliphatic carbocycles. The van der Waals surface area contributed by atoms with E-state index in [1.165, 1.54) is 12.1 Å². The van der Waals surface area contributed by atoms with Crippen LogP contribution in [0.25, 0.3) is 11.0 Å². The van der Waals surface area contributed by atoms with Crippen LogP contribution < -0.4 is 5.32 Å². The number of fused-ring (bicyclic) bond motifs is 1. The summed E-state index contributed by atoms with van der Waals surface area (Å²) >= 11 is 0. The minimum atomic E-state index is -0.438. The summed E-state index contributed by atoms with van der Waals surface area (Å²) in [5, 5.41) is 13.5. The minimum absolute atomic E-state index is 0.0344. The number of hydrogen-bond acceptors (Lipinski definition) is 4. The van der Waals surface area contributed by atoms with Gasteiger partial charge in [-0.2, -0.15) is 0 Å². The fourth-order valence-electron chi connectivity index (χ4n) is 1.56. The van der Waals surface area contributed by atoms with Gasteiger partial charge in [0.2, 0.25) is 0 Å². The molecule has 0 bridgehead atoms. The van der Waals surface area contributed by atoms with E-state index in [1.54, 1.807) is 20.2 Å². The van der Waals surface area contributed by atoms with Crippen molar-refractivity contribution in [2.24, 2.45) is 4.99 Å². The van der Waals surface area contributed by atoms with Crippen LogP contribution in [0.5, 0.6) is 0 Å². The molecule has 88 valence electrons. The van der Waals surface area contributed by atoms with Crippen molar-refractivity contribution in [3.05, 3.63) is 34.1 Å². The van der Waals surface area contributed by atoms with Gasteiger partial charge in [-0.15, -0.1) is 0 Å². The van der Waals surface area contributed by atoms with E-state index < -0.39 is 4.92 Å². The van der Waals surface area contributed by atoms with Crippen LogP contribution in [0.1, 0.15) is 5.82 Å². The Balaban J connectivity index is 2.54. The highest BCUT2D eigenvalue weighted by molar-refractivity contribution is 5.98. The van der Waals surface area contributed by atoms with Crippen LogP contribution in [0.2, 0.25) is 0 Å². The van der Waals surface area contributed by atoms with Crippen molar-refractivity contribution in [1.29, 1.82) is 0 Å². The number of non-ortho nitro benzene ring substituents is 1. The Morgan fingerprint density at radius 1 is 1.59 bits per heavy atom. The standard InChI is InChI=1S/C10H11N5O2/c1-11-9(12-2)10-13-7-4-3-6(15(16)17)5-8(7)14-10/h3-5H,1-2H3,(H,11,12)(H,13,14). The van der Waals surface area contributed by atoms with Gasteiger partial charge in [0.05, 0.1) is 16.0 Å². The maximum atomic E-state index is 10.6. The minimum Gasteiger partial charge on any atom is -0.370 e. The van der Waals surface area contributed by atoms with E-state index in [1.807, 2.05) is 0 Å². The average molecular weight is 233 g/mol. The van der Waals surface area contributed by atoms with E-state index in [4.69, 9.17) is 0 Å². The fourth-order valence-corrected chi connectivity index (χ4v) is 1.56. The Bertz CT molecular complexity index is 602. The van der Waals surface area contributed by atoms with E-state index in [2.05, 4.69) is 20.3 Å². The molecule has 2 rings (SSSR count). The van der Waals surface area contributed by atoms with Gasteiger partial charge in [-0.05, 0) is 6.07 Å². The molecule has 0 fully saturated rings. The number of rotatable bonds is 2. The first-order valence-electron chi connectivity index (χ1n) is 4.94. The number of amidine groups is 1. The maximum absolute atomic E-state index is 10.6. The predicted molar refractivity (Wildman–Crippen MR) is 64.3 cm³/mol. The van der Waals surface area contributed by atoms with Crippen molar-refractivity contribution in [3.63, 3.8) is 0 Å². The van der Waals surface area contributed by atoms with Gasteiger partial charge in [-0.1, -0.05) is 0 Å². The molecule has 1 aromatic carbocycles. The van der Waals surface area contributed by atoms with Crippen LogP contribution >= 0.6 is 0 Å². The summed E-state index contributed by atoms with van der Waals surface area (Å²) in [7, 11) is 3.37. The van der Waals surface area contributed by atoms with Crippen LogP contribution in [0.3, 0.4) is 0 Å². The number of nitrogens with one attached hydrogen (secondary N) is 2. The maximum Gasteiger partial charge on any atom is 0.271 e. The molecule has 2 aromatic rings. The van der Waals surface area contributed by atoms with Gasteiger partial charge in [0.25, 0.3) is 5.69 Å². The average Bonchev–Trinajstić information content (AvgIpc) is 2.72. The molecule has 7 nitrogen and oxygen atoms in total. The third-order valence-electron chi connectivity index (χ3n) is 2.36. The van der Waals surface area contributed by atoms with E-state index in [-0.39, 0.29) is 5.69 Å². The number of nitro benzene ring substituents is 1. The first kappa shape index (κ1) is 11.1. The number of hydrogen-bond donors (Lipinski definition) is 2. The Kier molecular flexibility index (Phi) is 2.73. The third-order valence-corrected chi connectivity index (χ3v) is 2.36. The number of aromatic amines is 1. The van der Waals surface area contributed by atoms with Crippen molar-refractivity contribution in [2.75, 3.05) is 14.1 Å². The number of benzene rings is 1. The van der Waals surface area contributed by atoms with Crippen LogP contribution in [0.15, 0.2) is 23.2 Å². The summed E-state index contributed by atoms with van der Waals surface area (Å²) < 4.78 is 0. The summed E-state index contributed by atoms with van der Waals surface area (Å²) in [4.78, 5) is 21.5. The highest BCUT2D eigenvalue weighted by Crippen LogP contribution is 2.18. The second kappa shape index (κ2) is 4.20. The molecule has 1 heterocycles. The summed E-state index contributed by atoms with van der Waals surface area (Å²) in [6, 6.07) is 4.49. The Morgan fingerprint density at radius 3 is 2.94 bits per heavy atom. The molecule has 0 atom stereocenters. The predicted octanol–water partition coefficient (Wildman–Crippen LogP) is 1.07. The smallest absolute Gasteiger partial charge is 0.271 e. The molecule has 17 heavy (non-hydrogen) atoms. The fraction of sp³-hybridized carbons (Fsp3) is 0.200. The monoisotopic (exact) mass is 233 g/mol. The lowest BCUT2D eigenvalue weighted by molar-refractivity contribution is -0.384. The Morgan fingerprint density at radius 2 is 2.35 bits per heavy atom. The molecular formula is C10H11N5O2. The van der Waals surface area contributed by atoms with E-state index in [9.17, 15) is 10.1 Å². The summed E-state index contributed by atoms with van der Waals surface area (Å²) in [6.07, 6.45) is 0. The molecule has 0 saturated heterocycles. The lowest BCUT2D eigenvalue weighted by atomic mass is 10.3. The van der Waals surface area contributed by atoms with E-state index >= 15 is 0 Å². The SMILES string of the molecule is CN=C(NC)c1nc2ccc([N+](=O)[O-])cc2[nH]1. The first-order chi connectivity index (χ1) is 8.15. The van der Waals surface area contributed by atoms with Gasteiger partial charge in [0.1, 0.15) is 0 Å². The lowest BCUT2D eigenvalue weighted by Crippen LogP contribution is -2.20. The van der Waals surface area contributed by atoms with E-state index in [0.717, 1.165) is 0 Å². The number of H-pyrrole nitrogens is 1. The molecular weight excluding hydrogens is 222 g/mol. The summed E-state index contributed by atoms with van der Waals surface area (Å²) in [5.41, 5.74) is 1.32. The van der Waals surface area contributed by atoms with Gasteiger partial charge >= 0.3 is 0 Å². The number of nitrogens with zero attached hydrogens (tertiary/aromatic N) is 3. The lowest BCUT2D eigenvalue weighted by Gasteiger charge is -1.98. The normalized spacial score (nSPS) is 11.8. The summed E-state index contributed by atoms with van der Waals surface area (Å²) in [5.74, 6) is 1.16. The first-order valence-corrected chi connectivity index (χ1v) is 4.94. The highest BCUT2D eigenvalue weighted by atomic mass is 16.6. The highest BCUT2D eigenvalue weighted by Gasteiger charge is 2.11. The molecule has 0 amide bonds. The quantitative estimate of drug-likeness (QED) is 0.351. The largest absolute Gasteiger partial charge is 0.370 e. The van der Waals surface area contributed by atoms with Gasteiger partial charge in [0, 0.05) is 26.2 Å². The van der Waals surface area contributed by atoms with Crippen molar-refractivity contribution >= 4 is 22.6 Å². The zero-order chi connectivity index (χ0) is 12.4. The van der Waals surface area contributed by atoms with Gasteiger partial charge in [0.15, 0.2) is 11.7 Å². The topological polar surface area (TPSA) is 96.2 Å². The number of aromatic nitrogens is 2. The number of aliphatic imine (C=N–C) groups is 1. The zero-order valence-corrected chi connectivity index (χ0v) is 9.39. The number of nitro groups is 1. The molecule has 2 N–H and O–H groups in total. The third kappa shape index (κ3) is 1.94. The molecule has 0 saturated carbocycles. The second-order valence-corrected chi connectivity index (χ2v) is 3.37. The molecule has 0 spiro atoms. The van der Waals surface area contributed by atoms with Crippen LogP contribution in [0.4, 0.5) is 5.69 Å². The van der Waals surface area contributed by atoms with Crippen LogP contribution in [0, 0.1) is 10.1 Å². The van der Waals surface area contributed by atoms with Crippen molar-refractivity contribution < 1.29 is 4.92 Å². The molecule has 0 radical (unpaired) electrons. The van der Waals surface area contributed by atoms with Gasteiger partial charge in [-0.25, -0.2) is 4.98 Å². The molecule has 0 aliphatic heterocycles. The summed E-state index contributed by atoms with van der Waals surface area (Å²) in [6.45, 7) is 0. The van der Waals surface area contributed by atoms with Crippen LogP contribution in [-0.4, -0.2) is 34.8 Å². The second-order valence-electron chi connectivity index (χ2n) is 3.37. The van der Waals surface area contributed by atoms with E-state index in [0.29, 0.717) is 22.7 Å². The zero-order valence-electron chi connectivity index (χ0n) is 9.39. The molecule has 0 aliphatic rings. The molecule has 0 unspecified atom stereocenters. The Labute approximate surface area is 96.7 Å². The van der Waals surface area contributed by atoms with Crippen molar-refractivity contribution in [3.8, 4) is 0 Å². The van der Waals surface area contributed by atoms with Crippen molar-refractivity contribution in [2.45, 2.75) is 0 Å². The molecule has 7 heteroatoms. The van der Waals surface area contributed by atoms with Gasteiger partial charge < -0.3 is 10.3 Å².